The van der Waals surface area contributed by atoms with E-state index >= 15 is 0 Å². The Morgan fingerprint density at radius 1 is 1.00 bits per heavy atom. The minimum atomic E-state index is -0.356. The number of urea groups is 1. The number of carbonyl (C=O) groups is 2. The van der Waals surface area contributed by atoms with Gasteiger partial charge in [-0.2, -0.15) is 14.6 Å². The van der Waals surface area contributed by atoms with Crippen molar-refractivity contribution in [2.24, 2.45) is 0 Å². The van der Waals surface area contributed by atoms with Gasteiger partial charge in [-0.3, -0.25) is 4.79 Å². The summed E-state index contributed by atoms with van der Waals surface area (Å²) in [5.74, 6) is 0.300. The highest BCUT2D eigenvalue weighted by Gasteiger charge is 2.14. The van der Waals surface area contributed by atoms with Crippen LogP contribution in [0.5, 0.6) is 0 Å². The van der Waals surface area contributed by atoms with Crippen molar-refractivity contribution < 1.29 is 14.3 Å². The van der Waals surface area contributed by atoms with Gasteiger partial charge in [0.1, 0.15) is 11.4 Å². The Morgan fingerprint density at radius 2 is 1.66 bits per heavy atom. The van der Waals surface area contributed by atoms with Gasteiger partial charge in [-0.05, 0) is 62.2 Å². The molecule has 0 aliphatic carbocycles. The van der Waals surface area contributed by atoms with Crippen LogP contribution in [0.3, 0.4) is 0 Å². The molecule has 9 nitrogen and oxygen atoms in total. The molecular weight excluding hydrogens is 464 g/mol. The Labute approximate surface area is 207 Å². The average molecular weight is 491 g/mol. The zero-order chi connectivity index (χ0) is 24.8. The summed E-state index contributed by atoms with van der Waals surface area (Å²) in [6.45, 7) is 6.21. The SMILES string of the molecule is CCOC(=O)Cc1ccc(NC(=O)Nc2ccc(Sc3c(CC)c(C)nc4ncnn34)cc2)cc1. The summed E-state index contributed by atoms with van der Waals surface area (Å²) in [4.78, 5) is 33.7. The van der Waals surface area contributed by atoms with E-state index < -0.39 is 0 Å². The lowest BCUT2D eigenvalue weighted by atomic mass is 10.1. The molecule has 10 heteroatoms. The van der Waals surface area contributed by atoms with E-state index in [1.165, 1.54) is 6.33 Å². The minimum absolute atomic E-state index is 0.200. The van der Waals surface area contributed by atoms with Gasteiger partial charge in [0.25, 0.3) is 5.78 Å². The van der Waals surface area contributed by atoms with Gasteiger partial charge in [-0.15, -0.1) is 0 Å². The molecule has 0 radical (unpaired) electrons. The fourth-order valence-electron chi connectivity index (χ4n) is 3.56. The Hall–Kier alpha value is -3.92. The van der Waals surface area contributed by atoms with E-state index in [0.717, 1.165) is 33.2 Å². The molecule has 0 atom stereocenters. The maximum Gasteiger partial charge on any atom is 0.323 e. The van der Waals surface area contributed by atoms with Gasteiger partial charge < -0.3 is 15.4 Å². The Kier molecular flexibility index (Phi) is 7.61. The van der Waals surface area contributed by atoms with Crippen LogP contribution in [0.2, 0.25) is 0 Å². The van der Waals surface area contributed by atoms with E-state index in [2.05, 4.69) is 32.6 Å². The summed E-state index contributed by atoms with van der Waals surface area (Å²) in [6, 6.07) is 14.3. The summed E-state index contributed by atoms with van der Waals surface area (Å²) < 4.78 is 6.71. The van der Waals surface area contributed by atoms with Crippen molar-refractivity contribution in [3.8, 4) is 0 Å². The molecule has 0 spiro atoms. The van der Waals surface area contributed by atoms with E-state index in [4.69, 9.17) is 4.74 Å². The van der Waals surface area contributed by atoms with Crippen LogP contribution < -0.4 is 10.6 Å². The number of carbonyl (C=O) groups excluding carboxylic acids is 2. The Bertz CT molecular complexity index is 1340. The third-order valence-corrected chi connectivity index (χ3v) is 6.35. The van der Waals surface area contributed by atoms with Gasteiger partial charge in [0.2, 0.25) is 0 Å². The molecule has 2 heterocycles. The van der Waals surface area contributed by atoms with Crippen LogP contribution in [-0.2, 0) is 22.4 Å². The largest absolute Gasteiger partial charge is 0.466 e. The van der Waals surface area contributed by atoms with E-state index in [0.29, 0.717) is 23.8 Å². The quantitative estimate of drug-likeness (QED) is 0.267. The summed E-state index contributed by atoms with van der Waals surface area (Å²) in [7, 11) is 0. The fraction of sp³-hybridized carbons (Fsp3) is 0.240. The highest BCUT2D eigenvalue weighted by molar-refractivity contribution is 7.99. The van der Waals surface area contributed by atoms with Gasteiger partial charge in [0.15, 0.2) is 0 Å². The number of aryl methyl sites for hydroxylation is 1. The molecule has 0 unspecified atom stereocenters. The molecular formula is C25H26N6O3S. The zero-order valence-corrected chi connectivity index (χ0v) is 20.6. The number of benzene rings is 2. The first-order valence-corrected chi connectivity index (χ1v) is 12.1. The number of hydrogen-bond acceptors (Lipinski definition) is 7. The fourth-order valence-corrected chi connectivity index (χ4v) is 4.69. The lowest BCUT2D eigenvalue weighted by molar-refractivity contribution is -0.142. The maximum atomic E-state index is 12.4. The molecule has 180 valence electrons. The van der Waals surface area contributed by atoms with Crippen LogP contribution in [0.1, 0.15) is 30.7 Å². The standard InChI is InChI=1S/C25H26N6O3S/c1-4-21-16(3)28-24-26-15-27-31(24)23(21)35-20-12-10-19(11-13-20)30-25(33)29-18-8-6-17(7-9-18)14-22(32)34-5-2/h6-13,15H,4-5,14H2,1-3H3,(H2,29,30,33). The smallest absolute Gasteiger partial charge is 0.323 e. The van der Waals surface area contributed by atoms with Crippen molar-refractivity contribution in [3.63, 3.8) is 0 Å². The van der Waals surface area contributed by atoms with Gasteiger partial charge in [-0.25, -0.2) is 9.78 Å². The van der Waals surface area contributed by atoms with E-state index in [9.17, 15) is 9.59 Å². The Balaban J connectivity index is 1.38. The van der Waals surface area contributed by atoms with E-state index in [1.807, 2.05) is 31.2 Å². The van der Waals surface area contributed by atoms with Gasteiger partial charge in [-0.1, -0.05) is 30.8 Å². The first-order chi connectivity index (χ1) is 17.0. The van der Waals surface area contributed by atoms with Gasteiger partial charge >= 0.3 is 12.0 Å². The topological polar surface area (TPSA) is 111 Å². The lowest BCUT2D eigenvalue weighted by Gasteiger charge is -2.12. The van der Waals surface area contributed by atoms with Crippen LogP contribution in [0, 0.1) is 6.92 Å². The third kappa shape index (κ3) is 5.96. The van der Waals surface area contributed by atoms with Crippen LogP contribution in [0.25, 0.3) is 5.78 Å². The van der Waals surface area contributed by atoms with Crippen LogP contribution in [-0.4, -0.2) is 38.2 Å². The number of rotatable bonds is 8. The first kappa shape index (κ1) is 24.2. The second-order valence-corrected chi connectivity index (χ2v) is 8.75. The number of ether oxygens (including phenoxy) is 1. The van der Waals surface area contributed by atoms with Crippen molar-refractivity contribution in [3.05, 3.63) is 71.7 Å². The molecule has 0 saturated carbocycles. The molecule has 35 heavy (non-hydrogen) atoms. The number of amides is 2. The molecule has 4 aromatic rings. The molecule has 2 N–H and O–H groups in total. The third-order valence-electron chi connectivity index (χ3n) is 5.23. The number of nitrogens with one attached hydrogen (secondary N) is 2. The summed E-state index contributed by atoms with van der Waals surface area (Å²) in [5.41, 5.74) is 4.18. The summed E-state index contributed by atoms with van der Waals surface area (Å²) >= 11 is 1.58. The van der Waals surface area contributed by atoms with Crippen LogP contribution in [0.15, 0.2) is 64.8 Å². The summed E-state index contributed by atoms with van der Waals surface area (Å²) in [6.07, 6.45) is 2.54. The second-order valence-electron chi connectivity index (χ2n) is 7.69. The molecule has 2 aromatic heterocycles. The molecule has 2 amide bonds. The molecule has 0 saturated heterocycles. The van der Waals surface area contributed by atoms with Crippen molar-refractivity contribution >= 4 is 40.9 Å². The number of esters is 1. The van der Waals surface area contributed by atoms with E-state index in [-0.39, 0.29) is 18.4 Å². The Morgan fingerprint density at radius 3 is 2.29 bits per heavy atom. The van der Waals surface area contributed by atoms with Crippen molar-refractivity contribution in [1.29, 1.82) is 0 Å². The molecule has 0 aliphatic heterocycles. The highest BCUT2D eigenvalue weighted by Crippen LogP contribution is 2.32. The normalized spacial score (nSPS) is 10.8. The molecule has 4 rings (SSSR count). The monoisotopic (exact) mass is 490 g/mol. The molecule has 0 bridgehead atoms. The minimum Gasteiger partial charge on any atom is -0.466 e. The van der Waals surface area contributed by atoms with Crippen molar-refractivity contribution in [2.45, 2.75) is 43.5 Å². The molecule has 2 aromatic carbocycles. The average Bonchev–Trinajstić information content (AvgIpc) is 3.30. The highest BCUT2D eigenvalue weighted by atomic mass is 32.2. The van der Waals surface area contributed by atoms with Gasteiger partial charge in [0.05, 0.1) is 13.0 Å². The van der Waals surface area contributed by atoms with Gasteiger partial charge in [0, 0.05) is 27.5 Å². The van der Waals surface area contributed by atoms with Crippen molar-refractivity contribution in [1.82, 2.24) is 19.6 Å². The van der Waals surface area contributed by atoms with Crippen molar-refractivity contribution in [2.75, 3.05) is 17.2 Å². The lowest BCUT2D eigenvalue weighted by Crippen LogP contribution is -2.19. The maximum absolute atomic E-state index is 12.4. The number of hydrogen-bond donors (Lipinski definition) is 2. The number of aromatic nitrogens is 4. The number of nitrogens with zero attached hydrogens (tertiary/aromatic N) is 4. The second kappa shape index (κ2) is 11.0. The molecule has 0 aliphatic rings. The summed E-state index contributed by atoms with van der Waals surface area (Å²) in [5, 5.41) is 10.9. The zero-order valence-electron chi connectivity index (χ0n) is 19.7. The van der Waals surface area contributed by atoms with Crippen LogP contribution >= 0.6 is 11.8 Å². The predicted octanol–water partition coefficient (Wildman–Crippen LogP) is 4.90. The molecule has 0 fully saturated rings. The number of anilines is 2. The van der Waals surface area contributed by atoms with Crippen LogP contribution in [0.4, 0.5) is 16.2 Å². The predicted molar refractivity (Wildman–Crippen MR) is 135 cm³/mol. The first-order valence-electron chi connectivity index (χ1n) is 11.3. The van der Waals surface area contributed by atoms with E-state index in [1.54, 1.807) is 47.5 Å². The number of fused-ring (bicyclic) bond motifs is 1.